The summed E-state index contributed by atoms with van der Waals surface area (Å²) < 4.78 is 0. The molecule has 1 unspecified atom stereocenters. The molecule has 0 spiro atoms. The van der Waals surface area contributed by atoms with Gasteiger partial charge in [0.15, 0.2) is 0 Å². The highest BCUT2D eigenvalue weighted by Gasteiger charge is 2.38. The van der Waals surface area contributed by atoms with Crippen LogP contribution in [0.3, 0.4) is 0 Å². The fourth-order valence-electron chi connectivity index (χ4n) is 2.65. The number of carbonyl (C=O) groups excluding carboxylic acids is 2. The Hall–Kier alpha value is -0.750. The summed E-state index contributed by atoms with van der Waals surface area (Å²) in [6.45, 7) is 8.19. The lowest BCUT2D eigenvalue weighted by Gasteiger charge is -2.33. The average Bonchev–Trinajstić information content (AvgIpc) is 2.57. The number of nitrogens with one attached hydrogen (secondary N) is 1. The van der Waals surface area contributed by atoms with E-state index in [0.717, 1.165) is 26.2 Å². The standard InChI is InChI=1S/C14H25N3O2S/c1-3-14(2)13(19)17(5-4-12(18)15-14)7-6-16-8-10-20-11-9-16/h3-11H2,1-2H3,(H,15,18). The molecular formula is C14H25N3O2S. The smallest absolute Gasteiger partial charge is 0.248 e. The molecule has 2 saturated heterocycles. The van der Waals surface area contributed by atoms with Crippen LogP contribution in [0, 0.1) is 0 Å². The molecule has 2 aliphatic rings. The minimum Gasteiger partial charge on any atom is -0.342 e. The van der Waals surface area contributed by atoms with Crippen molar-refractivity contribution in [1.29, 1.82) is 0 Å². The van der Waals surface area contributed by atoms with Crippen molar-refractivity contribution in [3.05, 3.63) is 0 Å². The van der Waals surface area contributed by atoms with Crippen LogP contribution in [-0.2, 0) is 9.59 Å². The molecule has 2 rings (SSSR count). The molecule has 1 atom stereocenters. The predicted molar refractivity (Wildman–Crippen MR) is 81.8 cm³/mol. The summed E-state index contributed by atoms with van der Waals surface area (Å²) in [6, 6.07) is 0. The predicted octanol–water partition coefficient (Wildman–Crippen LogP) is 0.552. The Balaban J connectivity index is 1.94. The SMILES string of the molecule is CCC1(C)NC(=O)CCN(CCN2CCSCC2)C1=O. The molecule has 0 radical (unpaired) electrons. The summed E-state index contributed by atoms with van der Waals surface area (Å²) in [4.78, 5) is 28.6. The number of amides is 2. The van der Waals surface area contributed by atoms with Crippen molar-refractivity contribution >= 4 is 23.6 Å². The Morgan fingerprint density at radius 1 is 1.20 bits per heavy atom. The van der Waals surface area contributed by atoms with Gasteiger partial charge in [-0.2, -0.15) is 11.8 Å². The highest BCUT2D eigenvalue weighted by molar-refractivity contribution is 7.99. The number of hydrogen-bond acceptors (Lipinski definition) is 4. The van der Waals surface area contributed by atoms with E-state index in [1.165, 1.54) is 11.5 Å². The number of nitrogens with zero attached hydrogens (tertiary/aromatic N) is 2. The van der Waals surface area contributed by atoms with Gasteiger partial charge in [-0.05, 0) is 13.3 Å². The third kappa shape index (κ3) is 3.67. The van der Waals surface area contributed by atoms with Gasteiger partial charge in [0.05, 0.1) is 0 Å². The summed E-state index contributed by atoms with van der Waals surface area (Å²) in [7, 11) is 0. The molecule has 5 nitrogen and oxygen atoms in total. The molecule has 6 heteroatoms. The second-order valence-electron chi connectivity index (χ2n) is 5.73. The van der Waals surface area contributed by atoms with Gasteiger partial charge in [-0.1, -0.05) is 6.92 Å². The number of hydrogen-bond donors (Lipinski definition) is 1. The zero-order valence-electron chi connectivity index (χ0n) is 12.5. The fraction of sp³-hybridized carbons (Fsp3) is 0.857. The molecule has 2 heterocycles. The minimum atomic E-state index is -0.731. The van der Waals surface area contributed by atoms with Crippen molar-refractivity contribution in [3.8, 4) is 0 Å². The largest absolute Gasteiger partial charge is 0.342 e. The molecule has 0 saturated carbocycles. The van der Waals surface area contributed by atoms with Gasteiger partial charge in [0.2, 0.25) is 11.8 Å². The second kappa shape index (κ2) is 6.80. The Morgan fingerprint density at radius 2 is 1.90 bits per heavy atom. The molecule has 1 N–H and O–H groups in total. The van der Waals surface area contributed by atoms with E-state index in [1.807, 2.05) is 30.5 Å². The Bertz CT molecular complexity index is 371. The molecule has 0 aromatic carbocycles. The maximum atomic E-state index is 12.6. The van der Waals surface area contributed by atoms with Gasteiger partial charge in [0.25, 0.3) is 0 Å². The molecule has 0 aromatic heterocycles. The van der Waals surface area contributed by atoms with Crippen LogP contribution in [0.25, 0.3) is 0 Å². The highest BCUT2D eigenvalue weighted by atomic mass is 32.2. The Kier molecular flexibility index (Phi) is 5.32. The van der Waals surface area contributed by atoms with Crippen LogP contribution in [0.5, 0.6) is 0 Å². The topological polar surface area (TPSA) is 52.7 Å². The van der Waals surface area contributed by atoms with Crippen molar-refractivity contribution in [1.82, 2.24) is 15.1 Å². The van der Waals surface area contributed by atoms with E-state index in [1.54, 1.807) is 0 Å². The monoisotopic (exact) mass is 299 g/mol. The van der Waals surface area contributed by atoms with Crippen molar-refractivity contribution in [2.24, 2.45) is 0 Å². The van der Waals surface area contributed by atoms with Gasteiger partial charge in [0, 0.05) is 50.7 Å². The van der Waals surface area contributed by atoms with E-state index in [4.69, 9.17) is 0 Å². The van der Waals surface area contributed by atoms with Crippen molar-refractivity contribution < 1.29 is 9.59 Å². The molecule has 2 aliphatic heterocycles. The van der Waals surface area contributed by atoms with Gasteiger partial charge in [0.1, 0.15) is 5.54 Å². The maximum absolute atomic E-state index is 12.6. The summed E-state index contributed by atoms with van der Waals surface area (Å²) in [5.74, 6) is 2.42. The van der Waals surface area contributed by atoms with Crippen LogP contribution in [0.2, 0.25) is 0 Å². The molecular weight excluding hydrogens is 274 g/mol. The summed E-state index contributed by atoms with van der Waals surface area (Å²) in [5.41, 5.74) is -0.731. The number of rotatable bonds is 4. The lowest BCUT2D eigenvalue weighted by molar-refractivity contribution is -0.138. The van der Waals surface area contributed by atoms with E-state index < -0.39 is 5.54 Å². The van der Waals surface area contributed by atoms with E-state index in [9.17, 15) is 9.59 Å². The van der Waals surface area contributed by atoms with Crippen molar-refractivity contribution in [2.45, 2.75) is 32.2 Å². The molecule has 20 heavy (non-hydrogen) atoms. The quantitative estimate of drug-likeness (QED) is 0.824. The van der Waals surface area contributed by atoms with Crippen LogP contribution < -0.4 is 5.32 Å². The van der Waals surface area contributed by atoms with E-state index in [-0.39, 0.29) is 11.8 Å². The molecule has 2 fully saturated rings. The number of thioether (sulfide) groups is 1. The third-order valence-electron chi connectivity index (χ3n) is 4.28. The first-order chi connectivity index (χ1) is 9.55. The third-order valence-corrected chi connectivity index (χ3v) is 5.22. The summed E-state index contributed by atoms with van der Waals surface area (Å²) in [5, 5.41) is 2.88. The van der Waals surface area contributed by atoms with E-state index in [2.05, 4.69) is 10.2 Å². The van der Waals surface area contributed by atoms with Crippen LogP contribution >= 0.6 is 11.8 Å². The van der Waals surface area contributed by atoms with Gasteiger partial charge < -0.3 is 10.2 Å². The lowest BCUT2D eigenvalue weighted by Crippen LogP contribution is -2.55. The lowest BCUT2D eigenvalue weighted by atomic mass is 9.97. The zero-order chi connectivity index (χ0) is 14.6. The average molecular weight is 299 g/mol. The van der Waals surface area contributed by atoms with Gasteiger partial charge in [-0.25, -0.2) is 0 Å². The van der Waals surface area contributed by atoms with Gasteiger partial charge in [-0.3, -0.25) is 14.5 Å². The zero-order valence-corrected chi connectivity index (χ0v) is 13.3. The fourth-order valence-corrected chi connectivity index (χ4v) is 3.63. The Labute approximate surface area is 125 Å². The molecule has 0 aromatic rings. The van der Waals surface area contributed by atoms with Crippen LogP contribution in [0.15, 0.2) is 0 Å². The first kappa shape index (κ1) is 15.6. The van der Waals surface area contributed by atoms with E-state index >= 15 is 0 Å². The molecule has 0 bridgehead atoms. The van der Waals surface area contributed by atoms with Crippen LogP contribution in [-0.4, -0.2) is 71.4 Å². The highest BCUT2D eigenvalue weighted by Crippen LogP contribution is 2.18. The minimum absolute atomic E-state index is 0.0143. The van der Waals surface area contributed by atoms with Crippen molar-refractivity contribution in [2.75, 3.05) is 44.2 Å². The van der Waals surface area contributed by atoms with Crippen molar-refractivity contribution in [3.63, 3.8) is 0 Å². The Morgan fingerprint density at radius 3 is 2.55 bits per heavy atom. The normalized spacial score (nSPS) is 29.2. The first-order valence-corrected chi connectivity index (χ1v) is 8.61. The summed E-state index contributed by atoms with van der Waals surface area (Å²) in [6.07, 6.45) is 1.05. The second-order valence-corrected chi connectivity index (χ2v) is 6.95. The van der Waals surface area contributed by atoms with E-state index in [0.29, 0.717) is 19.4 Å². The molecule has 2 amide bonds. The van der Waals surface area contributed by atoms with Gasteiger partial charge >= 0.3 is 0 Å². The van der Waals surface area contributed by atoms with Crippen LogP contribution in [0.4, 0.5) is 0 Å². The molecule has 0 aliphatic carbocycles. The maximum Gasteiger partial charge on any atom is 0.248 e. The summed E-state index contributed by atoms with van der Waals surface area (Å²) >= 11 is 1.99. The number of carbonyl (C=O) groups is 2. The first-order valence-electron chi connectivity index (χ1n) is 7.45. The van der Waals surface area contributed by atoms with Gasteiger partial charge in [-0.15, -0.1) is 0 Å². The van der Waals surface area contributed by atoms with Crippen LogP contribution in [0.1, 0.15) is 26.7 Å². The molecule has 114 valence electrons.